The third kappa shape index (κ3) is 4.36. The number of benzene rings is 2. The number of halogens is 1. The van der Waals surface area contributed by atoms with Crippen molar-refractivity contribution < 1.29 is 19.0 Å². The topological polar surface area (TPSA) is 46.5 Å². The molecule has 0 saturated heterocycles. The number of hydrogen-bond donors (Lipinski definition) is 1. The van der Waals surface area contributed by atoms with Crippen LogP contribution in [0.25, 0.3) is 0 Å². The Bertz CT molecular complexity index is 684. The van der Waals surface area contributed by atoms with E-state index in [1.54, 1.807) is 24.3 Å². The van der Waals surface area contributed by atoms with Gasteiger partial charge in [-0.05, 0) is 30.3 Å². The lowest BCUT2D eigenvalue weighted by atomic mass is 10.2. The van der Waals surface area contributed by atoms with Crippen LogP contribution in [-0.2, 0) is 4.74 Å². The number of ether oxygens (including phenoxy) is 1. The number of aromatic hydroxyl groups is 1. The van der Waals surface area contributed by atoms with Gasteiger partial charge in [0.25, 0.3) is 0 Å². The van der Waals surface area contributed by atoms with Crippen LogP contribution < -0.4 is 0 Å². The Morgan fingerprint density at radius 2 is 1.95 bits per heavy atom. The molecule has 0 spiro atoms. The molecule has 0 heterocycles. The molecule has 0 bridgehead atoms. The number of carbonyl (C=O) groups excluding carboxylic acids is 1. The lowest BCUT2D eigenvalue weighted by molar-refractivity contribution is 0.0513. The molecule has 0 aliphatic carbocycles. The molecule has 106 valence electrons. The van der Waals surface area contributed by atoms with Gasteiger partial charge >= 0.3 is 5.97 Å². The Labute approximate surface area is 122 Å². The smallest absolute Gasteiger partial charge is 0.338 e. The Balaban J connectivity index is 1.81. The fourth-order valence-corrected chi connectivity index (χ4v) is 1.60. The van der Waals surface area contributed by atoms with Gasteiger partial charge in [0.1, 0.15) is 6.61 Å². The Kier molecular flexibility index (Phi) is 4.94. The molecule has 1 N–H and O–H groups in total. The maximum Gasteiger partial charge on any atom is 0.338 e. The van der Waals surface area contributed by atoms with E-state index in [1.807, 2.05) is 6.07 Å². The Morgan fingerprint density at radius 3 is 2.67 bits per heavy atom. The number of esters is 1. The Morgan fingerprint density at radius 1 is 1.19 bits per heavy atom. The highest BCUT2D eigenvalue weighted by atomic mass is 19.1. The second-order valence-corrected chi connectivity index (χ2v) is 4.22. The zero-order valence-corrected chi connectivity index (χ0v) is 11.2. The number of phenolic OH excluding ortho intramolecular Hbond substituents is 1. The number of hydrogen-bond acceptors (Lipinski definition) is 3. The zero-order chi connectivity index (χ0) is 15.1. The summed E-state index contributed by atoms with van der Waals surface area (Å²) in [6.07, 6.45) is 0.348. The quantitative estimate of drug-likeness (QED) is 0.535. The first-order valence-electron chi connectivity index (χ1n) is 6.36. The summed E-state index contributed by atoms with van der Waals surface area (Å²) in [7, 11) is 0. The average molecular weight is 284 g/mol. The summed E-state index contributed by atoms with van der Waals surface area (Å²) in [5, 5.41) is 9.04. The fraction of sp³-hybridized carbons (Fsp3) is 0.118. The van der Waals surface area contributed by atoms with Gasteiger partial charge in [-0.25, -0.2) is 9.18 Å². The van der Waals surface area contributed by atoms with E-state index in [0.717, 1.165) is 6.07 Å². The molecule has 2 aromatic rings. The summed E-state index contributed by atoms with van der Waals surface area (Å²) in [6.45, 7) is 0.168. The lowest BCUT2D eigenvalue weighted by Gasteiger charge is -2.01. The first-order valence-corrected chi connectivity index (χ1v) is 6.36. The molecule has 0 atom stereocenters. The molecule has 0 aliphatic rings. The van der Waals surface area contributed by atoms with Crippen molar-refractivity contribution in [3.63, 3.8) is 0 Å². The van der Waals surface area contributed by atoms with E-state index < -0.39 is 17.5 Å². The van der Waals surface area contributed by atoms with Gasteiger partial charge in [-0.15, -0.1) is 0 Å². The van der Waals surface area contributed by atoms with E-state index in [2.05, 4.69) is 11.8 Å². The highest BCUT2D eigenvalue weighted by Crippen LogP contribution is 2.15. The molecule has 3 nitrogen and oxygen atoms in total. The van der Waals surface area contributed by atoms with Crippen molar-refractivity contribution in [2.45, 2.75) is 6.42 Å². The van der Waals surface area contributed by atoms with Gasteiger partial charge < -0.3 is 9.84 Å². The summed E-state index contributed by atoms with van der Waals surface area (Å²) in [5.74, 6) is 4.00. The zero-order valence-electron chi connectivity index (χ0n) is 11.2. The minimum absolute atomic E-state index is 0.168. The first-order chi connectivity index (χ1) is 10.2. The molecule has 2 rings (SSSR count). The molecule has 2 aromatic carbocycles. The highest BCUT2D eigenvalue weighted by Gasteiger charge is 2.04. The van der Waals surface area contributed by atoms with Crippen molar-refractivity contribution >= 4 is 5.97 Å². The highest BCUT2D eigenvalue weighted by molar-refractivity contribution is 5.89. The van der Waals surface area contributed by atoms with Crippen LogP contribution in [0, 0.1) is 17.7 Å². The molecule has 0 radical (unpaired) electrons. The van der Waals surface area contributed by atoms with Crippen molar-refractivity contribution in [3.05, 3.63) is 65.5 Å². The molecule has 0 unspecified atom stereocenters. The maximum atomic E-state index is 13.1. The third-order valence-electron chi connectivity index (χ3n) is 2.65. The van der Waals surface area contributed by atoms with Crippen molar-refractivity contribution in [1.29, 1.82) is 0 Å². The van der Waals surface area contributed by atoms with Crippen LogP contribution in [0.5, 0.6) is 5.75 Å². The fourth-order valence-electron chi connectivity index (χ4n) is 1.60. The molecule has 0 aromatic heterocycles. The van der Waals surface area contributed by atoms with Gasteiger partial charge in [0.15, 0.2) is 11.6 Å². The lowest BCUT2D eigenvalue weighted by Crippen LogP contribution is -2.05. The van der Waals surface area contributed by atoms with E-state index in [4.69, 9.17) is 9.84 Å². The Hall–Kier alpha value is -2.80. The van der Waals surface area contributed by atoms with Crippen LogP contribution in [0.1, 0.15) is 22.3 Å². The molecule has 0 amide bonds. The molecule has 4 heteroatoms. The predicted octanol–water partition coefficient (Wildman–Crippen LogP) is 3.13. The van der Waals surface area contributed by atoms with Gasteiger partial charge in [-0.2, -0.15) is 0 Å². The number of carbonyl (C=O) groups is 1. The molecule has 0 saturated carbocycles. The van der Waals surface area contributed by atoms with Gasteiger partial charge in [0, 0.05) is 12.0 Å². The summed E-state index contributed by atoms with van der Waals surface area (Å²) >= 11 is 0. The van der Waals surface area contributed by atoms with Crippen LogP contribution in [-0.4, -0.2) is 17.7 Å². The molecular formula is C17H13FO3. The number of rotatable bonds is 3. The summed E-state index contributed by atoms with van der Waals surface area (Å²) in [6, 6.07) is 12.6. The molecule has 0 fully saturated rings. The van der Waals surface area contributed by atoms with Gasteiger partial charge in [-0.1, -0.05) is 30.0 Å². The maximum absolute atomic E-state index is 13.1. The van der Waals surface area contributed by atoms with Crippen molar-refractivity contribution in [1.82, 2.24) is 0 Å². The van der Waals surface area contributed by atoms with Crippen LogP contribution in [0.15, 0.2) is 48.5 Å². The molecule has 21 heavy (non-hydrogen) atoms. The van der Waals surface area contributed by atoms with Gasteiger partial charge in [0.05, 0.1) is 5.56 Å². The van der Waals surface area contributed by atoms with E-state index in [9.17, 15) is 9.18 Å². The molecular weight excluding hydrogens is 271 g/mol. The standard InChI is InChI=1S/C17H13FO3/c18-15-12-13(9-10-16(15)19)6-4-5-11-21-17(20)14-7-2-1-3-8-14/h1-3,7-10,12,19H,5,11H2. The van der Waals surface area contributed by atoms with E-state index in [1.165, 1.54) is 12.1 Å². The summed E-state index contributed by atoms with van der Waals surface area (Å²) in [5.41, 5.74) is 0.950. The minimum atomic E-state index is -0.711. The average Bonchev–Trinajstić information content (AvgIpc) is 2.51. The normalized spacial score (nSPS) is 9.57. The molecule has 0 aliphatic heterocycles. The largest absolute Gasteiger partial charge is 0.505 e. The first kappa shape index (κ1) is 14.6. The second kappa shape index (κ2) is 7.11. The minimum Gasteiger partial charge on any atom is -0.505 e. The van der Waals surface area contributed by atoms with E-state index >= 15 is 0 Å². The van der Waals surface area contributed by atoms with Crippen LogP contribution in [0.3, 0.4) is 0 Å². The monoisotopic (exact) mass is 284 g/mol. The van der Waals surface area contributed by atoms with E-state index in [-0.39, 0.29) is 6.61 Å². The SMILES string of the molecule is O=C(OCCC#Cc1ccc(O)c(F)c1)c1ccccc1. The van der Waals surface area contributed by atoms with Crippen LogP contribution in [0.2, 0.25) is 0 Å². The second-order valence-electron chi connectivity index (χ2n) is 4.22. The van der Waals surface area contributed by atoms with Gasteiger partial charge in [0.2, 0.25) is 0 Å². The van der Waals surface area contributed by atoms with Crippen molar-refractivity contribution in [2.75, 3.05) is 6.61 Å². The third-order valence-corrected chi connectivity index (χ3v) is 2.65. The van der Waals surface area contributed by atoms with E-state index in [0.29, 0.717) is 17.5 Å². The summed E-state index contributed by atoms with van der Waals surface area (Å²) in [4.78, 5) is 11.6. The predicted molar refractivity (Wildman–Crippen MR) is 76.3 cm³/mol. The van der Waals surface area contributed by atoms with Gasteiger partial charge in [-0.3, -0.25) is 0 Å². The van der Waals surface area contributed by atoms with Crippen LogP contribution in [0.4, 0.5) is 4.39 Å². The summed E-state index contributed by atoms with van der Waals surface area (Å²) < 4.78 is 18.1. The van der Waals surface area contributed by atoms with Crippen molar-refractivity contribution in [3.8, 4) is 17.6 Å². The van der Waals surface area contributed by atoms with Crippen molar-refractivity contribution in [2.24, 2.45) is 0 Å². The number of phenols is 1. The van der Waals surface area contributed by atoms with Crippen LogP contribution >= 0.6 is 0 Å².